The fourth-order valence-electron chi connectivity index (χ4n) is 2.54. The molecular weight excluding hydrogens is 390 g/mol. The molecule has 1 aliphatic rings. The summed E-state index contributed by atoms with van der Waals surface area (Å²) in [5.41, 5.74) is 0.482. The van der Waals surface area contributed by atoms with Crippen LogP contribution in [0, 0.1) is 0 Å². The van der Waals surface area contributed by atoms with Crippen LogP contribution in [0.3, 0.4) is 0 Å². The van der Waals surface area contributed by atoms with E-state index in [-0.39, 0.29) is 23.9 Å². The first-order valence-electron chi connectivity index (χ1n) is 8.37. The van der Waals surface area contributed by atoms with Crippen molar-refractivity contribution in [3.05, 3.63) is 53.6 Å². The molecule has 2 aromatic rings. The van der Waals surface area contributed by atoms with Gasteiger partial charge in [-0.05, 0) is 30.3 Å². The predicted molar refractivity (Wildman–Crippen MR) is 96.5 cm³/mol. The van der Waals surface area contributed by atoms with E-state index in [1.807, 2.05) is 0 Å². The summed E-state index contributed by atoms with van der Waals surface area (Å²) in [5, 5.41) is 0. The number of hydrogen-bond acceptors (Lipinski definition) is 7. The Balaban J connectivity index is 1.62. The Morgan fingerprint density at radius 1 is 1.17 bits per heavy atom. The van der Waals surface area contributed by atoms with Crippen LogP contribution >= 0.6 is 0 Å². The summed E-state index contributed by atoms with van der Waals surface area (Å²) in [4.78, 5) is 24.1. The average molecular weight is 406 g/mol. The van der Waals surface area contributed by atoms with Gasteiger partial charge in [0.1, 0.15) is 0 Å². The number of ether oxygens (including phenoxy) is 5. The number of fused-ring (bicyclic) bond motifs is 1. The van der Waals surface area contributed by atoms with Crippen molar-refractivity contribution in [2.45, 2.75) is 6.61 Å². The molecule has 0 aliphatic carbocycles. The minimum Gasteiger partial charge on any atom is -0.493 e. The highest BCUT2D eigenvalue weighted by Gasteiger charge is 2.17. The molecule has 1 heterocycles. The van der Waals surface area contributed by atoms with Crippen molar-refractivity contribution in [1.82, 2.24) is 0 Å². The van der Waals surface area contributed by atoms with Gasteiger partial charge in [0.15, 0.2) is 35.4 Å². The number of carbonyl (C=O) groups excluding carboxylic acids is 2. The summed E-state index contributed by atoms with van der Waals surface area (Å²) in [6.45, 7) is -3.49. The number of para-hydroxylation sites is 1. The van der Waals surface area contributed by atoms with Crippen LogP contribution in [0.25, 0.3) is 6.08 Å². The standard InChI is InChI=1S/C20H16F2O7/c1-25-16-4-2-3-12(19(16)29-20(21)22)6-8-18(24)26-10-14(23)13-5-7-15-17(9-13)28-11-27-15/h2-9,20H,10-11H2,1H3/b8-6+. The molecule has 7 nitrogen and oxygen atoms in total. The molecule has 0 saturated heterocycles. The second kappa shape index (κ2) is 9.05. The lowest BCUT2D eigenvalue weighted by atomic mass is 10.1. The maximum Gasteiger partial charge on any atom is 0.387 e. The molecule has 0 bridgehead atoms. The molecule has 0 unspecified atom stereocenters. The molecule has 29 heavy (non-hydrogen) atoms. The van der Waals surface area contributed by atoms with E-state index in [2.05, 4.69) is 4.74 Å². The number of hydrogen-bond donors (Lipinski definition) is 0. The first-order valence-corrected chi connectivity index (χ1v) is 8.37. The lowest BCUT2D eigenvalue weighted by Gasteiger charge is -2.12. The monoisotopic (exact) mass is 406 g/mol. The van der Waals surface area contributed by atoms with Crippen LogP contribution in [0.1, 0.15) is 15.9 Å². The van der Waals surface area contributed by atoms with E-state index < -0.39 is 25.0 Å². The van der Waals surface area contributed by atoms with Gasteiger partial charge in [0.05, 0.1) is 7.11 Å². The molecule has 0 atom stereocenters. The first kappa shape index (κ1) is 20.1. The highest BCUT2D eigenvalue weighted by Crippen LogP contribution is 2.34. The van der Waals surface area contributed by atoms with Crippen molar-refractivity contribution >= 4 is 17.8 Å². The molecule has 0 saturated carbocycles. The summed E-state index contributed by atoms with van der Waals surface area (Å²) < 4.78 is 49.9. The second-order valence-electron chi connectivity index (χ2n) is 5.69. The van der Waals surface area contributed by atoms with Crippen molar-refractivity contribution < 1.29 is 42.1 Å². The Hall–Kier alpha value is -3.62. The number of ketones is 1. The van der Waals surface area contributed by atoms with Gasteiger partial charge in [0.25, 0.3) is 0 Å². The van der Waals surface area contributed by atoms with Crippen molar-refractivity contribution in [3.8, 4) is 23.0 Å². The van der Waals surface area contributed by atoms with E-state index in [0.717, 1.165) is 6.08 Å². The third-order valence-corrected chi connectivity index (χ3v) is 3.88. The van der Waals surface area contributed by atoms with Crippen LogP contribution < -0.4 is 18.9 Å². The third-order valence-electron chi connectivity index (χ3n) is 3.88. The number of halogens is 2. The quantitative estimate of drug-likeness (QED) is 0.377. The molecule has 0 N–H and O–H groups in total. The van der Waals surface area contributed by atoms with Crippen molar-refractivity contribution in [2.24, 2.45) is 0 Å². The van der Waals surface area contributed by atoms with Gasteiger partial charge in [-0.2, -0.15) is 8.78 Å². The third kappa shape index (κ3) is 5.01. The smallest absolute Gasteiger partial charge is 0.387 e. The Bertz CT molecular complexity index is 940. The number of benzene rings is 2. The number of Topliss-reactive ketones (excluding diaryl/α,β-unsaturated/α-hetero) is 1. The first-order chi connectivity index (χ1) is 14.0. The summed E-state index contributed by atoms with van der Waals surface area (Å²) in [6, 6.07) is 9.07. The number of alkyl halides is 2. The molecule has 3 rings (SSSR count). The minimum absolute atomic E-state index is 0.0777. The predicted octanol–water partition coefficient (Wildman–Crippen LogP) is 3.46. The lowest BCUT2D eigenvalue weighted by Crippen LogP contribution is -2.12. The van der Waals surface area contributed by atoms with Gasteiger partial charge in [-0.3, -0.25) is 4.79 Å². The van der Waals surface area contributed by atoms with E-state index in [0.29, 0.717) is 17.1 Å². The highest BCUT2D eigenvalue weighted by atomic mass is 19.3. The highest BCUT2D eigenvalue weighted by molar-refractivity contribution is 5.99. The van der Waals surface area contributed by atoms with Gasteiger partial charge >= 0.3 is 12.6 Å². The Labute approximate surface area is 164 Å². The van der Waals surface area contributed by atoms with Crippen LogP contribution in [-0.4, -0.2) is 38.9 Å². The molecule has 0 fully saturated rings. The normalized spacial score (nSPS) is 12.3. The second-order valence-corrected chi connectivity index (χ2v) is 5.69. The molecule has 0 aromatic heterocycles. The van der Waals surface area contributed by atoms with Crippen molar-refractivity contribution in [3.63, 3.8) is 0 Å². The zero-order valence-electron chi connectivity index (χ0n) is 15.2. The maximum absolute atomic E-state index is 12.6. The van der Waals surface area contributed by atoms with Crippen LogP contribution in [0.4, 0.5) is 8.78 Å². The summed E-state index contributed by atoms with van der Waals surface area (Å²) in [6.07, 6.45) is 2.23. The summed E-state index contributed by atoms with van der Waals surface area (Å²) in [5.74, 6) is -0.435. The molecule has 0 radical (unpaired) electrons. The average Bonchev–Trinajstić information content (AvgIpc) is 3.18. The van der Waals surface area contributed by atoms with E-state index >= 15 is 0 Å². The fourth-order valence-corrected chi connectivity index (χ4v) is 2.54. The van der Waals surface area contributed by atoms with E-state index in [4.69, 9.17) is 18.9 Å². The molecule has 1 aliphatic heterocycles. The number of carbonyl (C=O) groups is 2. The number of esters is 1. The number of rotatable bonds is 8. The molecular formula is C20H16F2O7. The molecule has 9 heteroatoms. The topological polar surface area (TPSA) is 80.3 Å². The van der Waals surface area contributed by atoms with Crippen LogP contribution in [-0.2, 0) is 9.53 Å². The number of methoxy groups -OCH3 is 1. The molecule has 0 spiro atoms. The van der Waals surface area contributed by atoms with Crippen LogP contribution in [0.5, 0.6) is 23.0 Å². The summed E-state index contributed by atoms with van der Waals surface area (Å²) in [7, 11) is 1.30. The fraction of sp³-hybridized carbons (Fsp3) is 0.200. The van der Waals surface area contributed by atoms with Gasteiger partial charge < -0.3 is 23.7 Å². The van der Waals surface area contributed by atoms with Gasteiger partial charge in [-0.15, -0.1) is 0 Å². The van der Waals surface area contributed by atoms with Crippen LogP contribution in [0.2, 0.25) is 0 Å². The maximum atomic E-state index is 12.6. The Morgan fingerprint density at radius 3 is 2.72 bits per heavy atom. The van der Waals surface area contributed by atoms with E-state index in [1.165, 1.54) is 37.5 Å². The molecule has 0 amide bonds. The SMILES string of the molecule is COc1cccc(/C=C/C(=O)OCC(=O)c2ccc3c(c2)OCO3)c1OC(F)F. The van der Waals surface area contributed by atoms with Crippen molar-refractivity contribution in [1.29, 1.82) is 0 Å². The minimum atomic E-state index is -3.07. The Morgan fingerprint density at radius 2 is 1.97 bits per heavy atom. The van der Waals surface area contributed by atoms with E-state index in [9.17, 15) is 18.4 Å². The van der Waals surface area contributed by atoms with Gasteiger partial charge in [0.2, 0.25) is 6.79 Å². The van der Waals surface area contributed by atoms with Gasteiger partial charge in [-0.25, -0.2) is 4.79 Å². The van der Waals surface area contributed by atoms with Gasteiger partial charge in [0, 0.05) is 17.2 Å². The zero-order valence-corrected chi connectivity index (χ0v) is 15.2. The molecule has 2 aromatic carbocycles. The van der Waals surface area contributed by atoms with Crippen LogP contribution in [0.15, 0.2) is 42.5 Å². The largest absolute Gasteiger partial charge is 0.493 e. The summed E-state index contributed by atoms with van der Waals surface area (Å²) >= 11 is 0. The van der Waals surface area contributed by atoms with E-state index in [1.54, 1.807) is 12.1 Å². The lowest BCUT2D eigenvalue weighted by molar-refractivity contribution is -0.136. The van der Waals surface area contributed by atoms with Gasteiger partial charge in [-0.1, -0.05) is 12.1 Å². The van der Waals surface area contributed by atoms with Crippen molar-refractivity contribution in [2.75, 3.05) is 20.5 Å². The zero-order chi connectivity index (χ0) is 20.8. The molecule has 152 valence electrons. The Kier molecular flexibility index (Phi) is 6.28.